The van der Waals surface area contributed by atoms with Crippen LogP contribution in [0.15, 0.2) is 42.5 Å². The maximum absolute atomic E-state index is 13.0. The van der Waals surface area contributed by atoms with Gasteiger partial charge in [0.25, 0.3) is 0 Å². The third-order valence-electron chi connectivity index (χ3n) is 2.59. The highest BCUT2D eigenvalue weighted by Gasteiger charge is 2.01. The maximum atomic E-state index is 13.0. The molecular formula is C15H13FO2. The van der Waals surface area contributed by atoms with E-state index >= 15 is 0 Å². The zero-order valence-corrected chi connectivity index (χ0v) is 9.89. The molecule has 0 saturated carbocycles. The Bertz CT molecular complexity index is 583. The normalized spacial score (nSPS) is 11.6. The van der Waals surface area contributed by atoms with Crippen LogP contribution in [0.2, 0.25) is 0 Å². The number of phenols is 2. The van der Waals surface area contributed by atoms with Crippen molar-refractivity contribution in [2.75, 3.05) is 0 Å². The first kappa shape index (κ1) is 12.2. The molecule has 0 heterocycles. The highest BCUT2D eigenvalue weighted by atomic mass is 19.1. The van der Waals surface area contributed by atoms with Gasteiger partial charge in [0.05, 0.1) is 0 Å². The maximum Gasteiger partial charge on any atom is 0.123 e. The van der Waals surface area contributed by atoms with Gasteiger partial charge in [0.2, 0.25) is 0 Å². The molecule has 92 valence electrons. The summed E-state index contributed by atoms with van der Waals surface area (Å²) in [5.41, 5.74) is 2.25. The van der Waals surface area contributed by atoms with Crippen molar-refractivity contribution in [3.05, 3.63) is 59.4 Å². The first-order valence-corrected chi connectivity index (χ1v) is 5.52. The second-order valence-corrected chi connectivity index (χ2v) is 4.12. The van der Waals surface area contributed by atoms with Gasteiger partial charge in [-0.15, -0.1) is 0 Å². The minimum absolute atomic E-state index is 0.00278. The average molecular weight is 244 g/mol. The molecule has 2 N–H and O–H groups in total. The highest BCUT2D eigenvalue weighted by Crippen LogP contribution is 2.26. The van der Waals surface area contributed by atoms with E-state index in [0.29, 0.717) is 5.56 Å². The fraction of sp³-hybridized carbons (Fsp3) is 0.0667. The minimum atomic E-state index is -0.296. The number of hydrogen-bond donors (Lipinski definition) is 2. The Hall–Kier alpha value is -2.29. The summed E-state index contributed by atoms with van der Waals surface area (Å²) >= 11 is 0. The van der Waals surface area contributed by atoms with Gasteiger partial charge in [-0.1, -0.05) is 18.2 Å². The largest absolute Gasteiger partial charge is 0.508 e. The zero-order chi connectivity index (χ0) is 13.1. The van der Waals surface area contributed by atoms with Crippen LogP contribution in [-0.2, 0) is 0 Å². The lowest BCUT2D eigenvalue weighted by atomic mass is 10.0. The van der Waals surface area contributed by atoms with Crippen LogP contribution < -0.4 is 0 Å². The quantitative estimate of drug-likeness (QED) is 0.789. The number of benzene rings is 2. The van der Waals surface area contributed by atoms with E-state index in [-0.39, 0.29) is 17.3 Å². The lowest BCUT2D eigenvalue weighted by Crippen LogP contribution is -1.82. The Morgan fingerprint density at radius 2 is 1.72 bits per heavy atom. The molecule has 0 aliphatic rings. The van der Waals surface area contributed by atoms with Crippen LogP contribution in [0, 0.1) is 5.82 Å². The van der Waals surface area contributed by atoms with Crippen LogP contribution in [-0.4, -0.2) is 10.2 Å². The molecule has 0 aliphatic carbocycles. The van der Waals surface area contributed by atoms with Gasteiger partial charge < -0.3 is 10.2 Å². The second kappa shape index (κ2) is 4.92. The van der Waals surface area contributed by atoms with Crippen LogP contribution in [0.5, 0.6) is 11.5 Å². The monoisotopic (exact) mass is 244 g/mol. The van der Waals surface area contributed by atoms with Gasteiger partial charge in [-0.3, -0.25) is 0 Å². The summed E-state index contributed by atoms with van der Waals surface area (Å²) in [6.45, 7) is 1.83. The molecule has 0 fully saturated rings. The van der Waals surface area contributed by atoms with E-state index < -0.39 is 0 Å². The van der Waals surface area contributed by atoms with Crippen molar-refractivity contribution in [2.24, 2.45) is 0 Å². The molecule has 2 nitrogen and oxygen atoms in total. The zero-order valence-electron chi connectivity index (χ0n) is 9.89. The number of hydrogen-bond acceptors (Lipinski definition) is 2. The van der Waals surface area contributed by atoms with Crippen LogP contribution in [0.1, 0.15) is 18.1 Å². The van der Waals surface area contributed by atoms with Crippen LogP contribution in [0.25, 0.3) is 11.6 Å². The molecule has 0 unspecified atom stereocenters. The molecule has 2 aromatic carbocycles. The lowest BCUT2D eigenvalue weighted by Gasteiger charge is -2.04. The Labute approximate surface area is 105 Å². The molecule has 0 aromatic heterocycles. The van der Waals surface area contributed by atoms with Crippen molar-refractivity contribution in [3.8, 4) is 11.5 Å². The first-order valence-electron chi connectivity index (χ1n) is 5.52. The van der Waals surface area contributed by atoms with E-state index in [1.165, 1.54) is 18.2 Å². The SMILES string of the molecule is C/C(=C\c1cccc(F)c1)c1cc(O)cc(O)c1. The summed E-state index contributed by atoms with van der Waals surface area (Å²) in [6.07, 6.45) is 1.79. The summed E-state index contributed by atoms with van der Waals surface area (Å²) in [5.74, 6) is -0.302. The van der Waals surface area contributed by atoms with Gasteiger partial charge in [0.1, 0.15) is 17.3 Å². The van der Waals surface area contributed by atoms with Gasteiger partial charge in [0, 0.05) is 6.07 Å². The molecule has 3 heteroatoms. The van der Waals surface area contributed by atoms with Crippen molar-refractivity contribution >= 4 is 11.6 Å². The number of allylic oxidation sites excluding steroid dienone is 1. The third kappa shape index (κ3) is 2.88. The Morgan fingerprint density at radius 1 is 1.06 bits per heavy atom. The summed E-state index contributed by atoms with van der Waals surface area (Å²) < 4.78 is 13.0. The van der Waals surface area contributed by atoms with E-state index in [4.69, 9.17) is 0 Å². The molecule has 0 saturated heterocycles. The molecule has 0 radical (unpaired) electrons. The van der Waals surface area contributed by atoms with E-state index in [2.05, 4.69) is 0 Å². The highest BCUT2D eigenvalue weighted by molar-refractivity contribution is 5.81. The summed E-state index contributed by atoms with van der Waals surface area (Å²) in [6, 6.07) is 10.6. The van der Waals surface area contributed by atoms with Crippen molar-refractivity contribution in [3.63, 3.8) is 0 Å². The topological polar surface area (TPSA) is 40.5 Å². The van der Waals surface area contributed by atoms with Gasteiger partial charge in [-0.25, -0.2) is 4.39 Å². The average Bonchev–Trinajstić information content (AvgIpc) is 2.27. The summed E-state index contributed by atoms with van der Waals surface area (Å²) in [4.78, 5) is 0. The molecule has 0 amide bonds. The smallest absolute Gasteiger partial charge is 0.123 e. The number of halogens is 1. The third-order valence-corrected chi connectivity index (χ3v) is 2.59. The Kier molecular flexibility index (Phi) is 3.33. The Balaban J connectivity index is 2.38. The molecule has 2 aromatic rings. The van der Waals surface area contributed by atoms with E-state index in [1.807, 2.05) is 6.92 Å². The van der Waals surface area contributed by atoms with Crippen molar-refractivity contribution in [1.29, 1.82) is 0 Å². The Morgan fingerprint density at radius 3 is 2.33 bits per heavy atom. The minimum Gasteiger partial charge on any atom is -0.508 e. The molecule has 2 rings (SSSR count). The first-order chi connectivity index (χ1) is 8.54. The fourth-order valence-corrected chi connectivity index (χ4v) is 1.75. The van der Waals surface area contributed by atoms with Crippen molar-refractivity contribution < 1.29 is 14.6 Å². The van der Waals surface area contributed by atoms with E-state index in [9.17, 15) is 14.6 Å². The second-order valence-electron chi connectivity index (χ2n) is 4.12. The van der Waals surface area contributed by atoms with E-state index in [1.54, 1.807) is 30.3 Å². The van der Waals surface area contributed by atoms with Crippen molar-refractivity contribution in [2.45, 2.75) is 6.92 Å². The van der Waals surface area contributed by atoms with Crippen LogP contribution in [0.3, 0.4) is 0 Å². The van der Waals surface area contributed by atoms with Crippen molar-refractivity contribution in [1.82, 2.24) is 0 Å². The molecular weight excluding hydrogens is 231 g/mol. The number of rotatable bonds is 2. The number of aromatic hydroxyl groups is 2. The standard InChI is InChI=1S/C15H13FO2/c1-10(5-11-3-2-4-13(16)6-11)12-7-14(17)9-15(18)8-12/h2-9,17-18H,1H3/b10-5+. The molecule has 18 heavy (non-hydrogen) atoms. The van der Waals surface area contributed by atoms with Gasteiger partial charge >= 0.3 is 0 Å². The molecule has 0 atom stereocenters. The van der Waals surface area contributed by atoms with E-state index in [0.717, 1.165) is 11.1 Å². The fourth-order valence-electron chi connectivity index (χ4n) is 1.75. The summed E-state index contributed by atoms with van der Waals surface area (Å²) in [5, 5.41) is 18.8. The predicted molar refractivity (Wildman–Crippen MR) is 69.7 cm³/mol. The van der Waals surface area contributed by atoms with Gasteiger partial charge in [-0.2, -0.15) is 0 Å². The lowest BCUT2D eigenvalue weighted by molar-refractivity contribution is 0.450. The predicted octanol–water partition coefficient (Wildman–Crippen LogP) is 3.80. The summed E-state index contributed by atoms with van der Waals surface area (Å²) in [7, 11) is 0. The van der Waals surface area contributed by atoms with Gasteiger partial charge in [0.15, 0.2) is 0 Å². The van der Waals surface area contributed by atoms with Crippen LogP contribution >= 0.6 is 0 Å². The molecule has 0 aliphatic heterocycles. The number of phenolic OH excluding ortho intramolecular Hbond substituents is 2. The van der Waals surface area contributed by atoms with Crippen LogP contribution in [0.4, 0.5) is 4.39 Å². The molecule has 0 spiro atoms. The molecule has 0 bridgehead atoms. The van der Waals surface area contributed by atoms with Gasteiger partial charge in [-0.05, 0) is 47.9 Å².